The Balaban J connectivity index is 3.88. The average molecular weight is 258 g/mol. The van der Waals surface area contributed by atoms with E-state index < -0.39 is 0 Å². The van der Waals surface area contributed by atoms with Gasteiger partial charge < -0.3 is 10.5 Å². The van der Waals surface area contributed by atoms with Crippen LogP contribution in [0.5, 0.6) is 0 Å². The van der Waals surface area contributed by atoms with Gasteiger partial charge in [-0.3, -0.25) is 4.90 Å². The van der Waals surface area contributed by atoms with Crippen LogP contribution in [0.3, 0.4) is 0 Å². The summed E-state index contributed by atoms with van der Waals surface area (Å²) in [6.45, 7) is 10.7. The average Bonchev–Trinajstić information content (AvgIpc) is 2.35. The molecule has 0 rings (SSSR count). The molecule has 2 unspecified atom stereocenters. The Morgan fingerprint density at radius 2 is 1.89 bits per heavy atom. The van der Waals surface area contributed by atoms with Crippen LogP contribution in [-0.2, 0) is 4.74 Å². The van der Waals surface area contributed by atoms with Crippen molar-refractivity contribution in [1.29, 1.82) is 0 Å². The van der Waals surface area contributed by atoms with Crippen molar-refractivity contribution in [2.45, 2.75) is 58.9 Å². The number of hydrogen-bond acceptors (Lipinski definition) is 3. The van der Waals surface area contributed by atoms with Gasteiger partial charge in [0.05, 0.1) is 6.61 Å². The smallest absolute Gasteiger partial charge is 0.0615 e. The maximum Gasteiger partial charge on any atom is 0.0615 e. The van der Waals surface area contributed by atoms with Crippen LogP contribution in [0.1, 0.15) is 52.9 Å². The third kappa shape index (κ3) is 8.06. The number of hydrogen-bond donors (Lipinski definition) is 1. The summed E-state index contributed by atoms with van der Waals surface area (Å²) < 4.78 is 5.23. The van der Waals surface area contributed by atoms with Gasteiger partial charge in [0.1, 0.15) is 0 Å². The van der Waals surface area contributed by atoms with E-state index in [-0.39, 0.29) is 0 Å². The fourth-order valence-electron chi connectivity index (χ4n) is 2.70. The molecule has 0 aromatic carbocycles. The standard InChI is InChI=1S/C15H34N2O/c1-5-8-15(10-11-16)9-7-12-17(6-2)14(3)13-18-4/h14-15H,5-13,16H2,1-4H3. The van der Waals surface area contributed by atoms with E-state index in [1.807, 2.05) is 0 Å². The summed E-state index contributed by atoms with van der Waals surface area (Å²) in [6.07, 6.45) is 6.40. The first-order valence-corrected chi connectivity index (χ1v) is 7.62. The fraction of sp³-hybridized carbons (Fsp3) is 1.00. The lowest BCUT2D eigenvalue weighted by Gasteiger charge is -2.28. The van der Waals surface area contributed by atoms with Gasteiger partial charge in [-0.1, -0.05) is 26.7 Å². The summed E-state index contributed by atoms with van der Waals surface area (Å²) in [7, 11) is 1.78. The Kier molecular flexibility index (Phi) is 11.9. The van der Waals surface area contributed by atoms with E-state index in [1.54, 1.807) is 7.11 Å². The minimum absolute atomic E-state index is 0.527. The van der Waals surface area contributed by atoms with Crippen molar-refractivity contribution >= 4 is 0 Å². The Morgan fingerprint density at radius 3 is 2.39 bits per heavy atom. The highest BCUT2D eigenvalue weighted by Gasteiger charge is 2.12. The van der Waals surface area contributed by atoms with Crippen LogP contribution in [0.25, 0.3) is 0 Å². The van der Waals surface area contributed by atoms with E-state index in [0.29, 0.717) is 6.04 Å². The second-order valence-corrected chi connectivity index (χ2v) is 5.31. The van der Waals surface area contributed by atoms with E-state index >= 15 is 0 Å². The largest absolute Gasteiger partial charge is 0.383 e. The van der Waals surface area contributed by atoms with Crippen molar-refractivity contribution in [3.8, 4) is 0 Å². The second kappa shape index (κ2) is 11.9. The Morgan fingerprint density at radius 1 is 1.17 bits per heavy atom. The first-order chi connectivity index (χ1) is 8.69. The molecular weight excluding hydrogens is 224 g/mol. The molecule has 0 saturated heterocycles. The van der Waals surface area contributed by atoms with E-state index in [2.05, 4.69) is 25.7 Å². The number of ether oxygens (including phenoxy) is 1. The molecular formula is C15H34N2O. The molecule has 3 nitrogen and oxygen atoms in total. The molecule has 2 N–H and O–H groups in total. The number of methoxy groups -OCH3 is 1. The Labute approximate surface area is 114 Å². The first kappa shape index (κ1) is 17.9. The zero-order valence-corrected chi connectivity index (χ0v) is 13.0. The molecule has 18 heavy (non-hydrogen) atoms. The number of nitrogens with two attached hydrogens (primary N) is 1. The summed E-state index contributed by atoms with van der Waals surface area (Å²) in [5, 5.41) is 0. The van der Waals surface area contributed by atoms with E-state index in [4.69, 9.17) is 10.5 Å². The molecule has 0 aromatic heterocycles. The Bertz CT molecular complexity index is 170. The molecule has 0 aliphatic carbocycles. The third-order valence-electron chi connectivity index (χ3n) is 3.77. The molecule has 0 aliphatic heterocycles. The minimum Gasteiger partial charge on any atom is -0.383 e. The maximum absolute atomic E-state index is 5.68. The molecule has 0 bridgehead atoms. The first-order valence-electron chi connectivity index (χ1n) is 7.62. The highest BCUT2D eigenvalue weighted by molar-refractivity contribution is 4.67. The molecule has 0 aromatic rings. The molecule has 2 atom stereocenters. The number of likely N-dealkylation sites (N-methyl/N-ethyl adjacent to an activating group) is 1. The predicted molar refractivity (Wildman–Crippen MR) is 79.9 cm³/mol. The molecule has 0 heterocycles. The quantitative estimate of drug-likeness (QED) is 0.585. The van der Waals surface area contributed by atoms with Gasteiger partial charge >= 0.3 is 0 Å². The summed E-state index contributed by atoms with van der Waals surface area (Å²) >= 11 is 0. The van der Waals surface area contributed by atoms with Crippen molar-refractivity contribution < 1.29 is 4.74 Å². The molecule has 0 saturated carbocycles. The highest BCUT2D eigenvalue weighted by atomic mass is 16.5. The monoisotopic (exact) mass is 258 g/mol. The van der Waals surface area contributed by atoms with Gasteiger partial charge in [-0.15, -0.1) is 0 Å². The van der Waals surface area contributed by atoms with Gasteiger partial charge in [0.15, 0.2) is 0 Å². The molecule has 0 aliphatic rings. The highest BCUT2D eigenvalue weighted by Crippen LogP contribution is 2.17. The zero-order valence-electron chi connectivity index (χ0n) is 13.0. The van der Waals surface area contributed by atoms with Crippen molar-refractivity contribution in [1.82, 2.24) is 4.90 Å². The normalized spacial score (nSPS) is 15.0. The zero-order chi connectivity index (χ0) is 13.8. The lowest BCUT2D eigenvalue weighted by Crippen LogP contribution is -2.37. The molecule has 0 spiro atoms. The second-order valence-electron chi connectivity index (χ2n) is 5.31. The van der Waals surface area contributed by atoms with Gasteiger partial charge in [-0.25, -0.2) is 0 Å². The van der Waals surface area contributed by atoms with E-state index in [1.165, 1.54) is 38.6 Å². The van der Waals surface area contributed by atoms with Crippen molar-refractivity contribution in [3.63, 3.8) is 0 Å². The maximum atomic E-state index is 5.68. The van der Waals surface area contributed by atoms with Crippen LogP contribution in [0.15, 0.2) is 0 Å². The van der Waals surface area contributed by atoms with Gasteiger partial charge in [0, 0.05) is 13.2 Å². The lowest BCUT2D eigenvalue weighted by molar-refractivity contribution is 0.100. The van der Waals surface area contributed by atoms with Crippen molar-refractivity contribution in [2.75, 3.05) is 33.4 Å². The summed E-state index contributed by atoms with van der Waals surface area (Å²) in [5.41, 5.74) is 5.68. The van der Waals surface area contributed by atoms with Crippen LogP contribution in [0, 0.1) is 5.92 Å². The van der Waals surface area contributed by atoms with Gasteiger partial charge in [-0.05, 0) is 51.7 Å². The van der Waals surface area contributed by atoms with Crippen LogP contribution in [-0.4, -0.2) is 44.3 Å². The lowest BCUT2D eigenvalue weighted by atomic mass is 9.94. The van der Waals surface area contributed by atoms with Crippen molar-refractivity contribution in [3.05, 3.63) is 0 Å². The summed E-state index contributed by atoms with van der Waals surface area (Å²) in [4.78, 5) is 2.51. The third-order valence-corrected chi connectivity index (χ3v) is 3.77. The van der Waals surface area contributed by atoms with Crippen LogP contribution in [0.2, 0.25) is 0 Å². The van der Waals surface area contributed by atoms with Crippen LogP contribution >= 0.6 is 0 Å². The molecule has 110 valence electrons. The summed E-state index contributed by atoms with van der Waals surface area (Å²) in [6, 6.07) is 0.527. The Hall–Kier alpha value is -0.120. The number of rotatable bonds is 12. The topological polar surface area (TPSA) is 38.5 Å². The van der Waals surface area contributed by atoms with Gasteiger partial charge in [0.2, 0.25) is 0 Å². The van der Waals surface area contributed by atoms with Gasteiger partial charge in [-0.2, -0.15) is 0 Å². The fourth-order valence-corrected chi connectivity index (χ4v) is 2.70. The molecule has 3 heteroatoms. The summed E-state index contributed by atoms with van der Waals surface area (Å²) in [5.74, 6) is 0.830. The van der Waals surface area contributed by atoms with Crippen LogP contribution in [0.4, 0.5) is 0 Å². The van der Waals surface area contributed by atoms with Crippen molar-refractivity contribution in [2.24, 2.45) is 11.7 Å². The minimum atomic E-state index is 0.527. The van der Waals surface area contributed by atoms with Crippen LogP contribution < -0.4 is 5.73 Å². The molecule has 0 radical (unpaired) electrons. The SMILES string of the molecule is CCCC(CCN)CCCN(CC)C(C)COC. The molecule has 0 amide bonds. The van der Waals surface area contributed by atoms with E-state index in [9.17, 15) is 0 Å². The molecule has 0 fully saturated rings. The van der Waals surface area contributed by atoms with E-state index in [0.717, 1.165) is 25.6 Å². The van der Waals surface area contributed by atoms with Gasteiger partial charge in [0.25, 0.3) is 0 Å². The number of nitrogens with zero attached hydrogens (tertiary/aromatic N) is 1. The predicted octanol–water partition coefficient (Wildman–Crippen LogP) is 2.89.